The Morgan fingerprint density at radius 3 is 3.06 bits per heavy atom. The van der Waals surface area contributed by atoms with Crippen molar-refractivity contribution in [2.75, 3.05) is 19.1 Å². The first kappa shape index (κ1) is 12.4. The van der Waals surface area contributed by atoms with Crippen molar-refractivity contribution in [1.29, 1.82) is 0 Å². The van der Waals surface area contributed by atoms with Crippen LogP contribution in [0, 0.1) is 0 Å². The molecule has 0 aliphatic heterocycles. The van der Waals surface area contributed by atoms with Crippen molar-refractivity contribution in [3.05, 3.63) is 24.0 Å². The molecule has 88 valence electrons. The summed E-state index contributed by atoms with van der Waals surface area (Å²) in [5.41, 5.74) is 3.41. The molecule has 1 unspecified atom stereocenters. The number of ether oxygens (including phenoxy) is 1. The Hall–Kier alpha value is -1.66. The summed E-state index contributed by atoms with van der Waals surface area (Å²) >= 11 is 0. The maximum absolute atomic E-state index is 11.6. The van der Waals surface area contributed by atoms with E-state index in [1.807, 2.05) is 6.92 Å². The zero-order valence-corrected chi connectivity index (χ0v) is 9.36. The number of nitrogens with one attached hydrogen (secondary N) is 2. The van der Waals surface area contributed by atoms with Crippen LogP contribution in [-0.4, -0.2) is 30.6 Å². The lowest BCUT2D eigenvalue weighted by Gasteiger charge is -2.10. The molecule has 1 aromatic heterocycles. The molecule has 0 saturated carbocycles. The molecular weight excluding hydrogens is 208 g/mol. The standard InChI is InChI=1S/C10H16N4O2/c1-7(16-2)6-13-10(15)9-5-8(14-11)3-4-12-9/h3-5,7H,6,11H2,1-2H3,(H,12,14)(H,13,15). The quantitative estimate of drug-likeness (QED) is 0.488. The number of aromatic nitrogens is 1. The summed E-state index contributed by atoms with van der Waals surface area (Å²) in [6.45, 7) is 2.31. The molecule has 0 aliphatic carbocycles. The summed E-state index contributed by atoms with van der Waals surface area (Å²) in [6, 6.07) is 3.25. The number of rotatable bonds is 5. The monoisotopic (exact) mass is 224 g/mol. The van der Waals surface area contributed by atoms with Crippen molar-refractivity contribution in [2.24, 2.45) is 5.84 Å². The van der Waals surface area contributed by atoms with E-state index in [1.165, 1.54) is 6.20 Å². The van der Waals surface area contributed by atoms with E-state index in [4.69, 9.17) is 10.6 Å². The number of methoxy groups -OCH3 is 1. The number of anilines is 1. The van der Waals surface area contributed by atoms with Crippen molar-refractivity contribution in [3.63, 3.8) is 0 Å². The predicted molar refractivity (Wildman–Crippen MR) is 60.9 cm³/mol. The maximum atomic E-state index is 11.6. The van der Waals surface area contributed by atoms with E-state index in [0.717, 1.165) is 0 Å². The second-order valence-corrected chi connectivity index (χ2v) is 3.33. The molecule has 16 heavy (non-hydrogen) atoms. The molecule has 0 aromatic carbocycles. The number of carbonyl (C=O) groups excluding carboxylic acids is 1. The van der Waals surface area contributed by atoms with E-state index >= 15 is 0 Å². The Morgan fingerprint density at radius 2 is 2.44 bits per heavy atom. The van der Waals surface area contributed by atoms with Crippen LogP contribution in [0.2, 0.25) is 0 Å². The van der Waals surface area contributed by atoms with E-state index in [1.54, 1.807) is 19.2 Å². The maximum Gasteiger partial charge on any atom is 0.270 e. The minimum atomic E-state index is -0.249. The summed E-state index contributed by atoms with van der Waals surface area (Å²) in [5, 5.41) is 2.71. The molecule has 1 rings (SSSR count). The first-order valence-electron chi connectivity index (χ1n) is 4.91. The Labute approximate surface area is 94.2 Å². The van der Waals surface area contributed by atoms with Crippen LogP contribution in [0.3, 0.4) is 0 Å². The topological polar surface area (TPSA) is 89.3 Å². The number of pyridine rings is 1. The molecule has 0 fully saturated rings. The molecule has 0 spiro atoms. The molecule has 1 atom stereocenters. The normalized spacial score (nSPS) is 11.9. The van der Waals surface area contributed by atoms with Crippen LogP contribution in [0.4, 0.5) is 5.69 Å². The van der Waals surface area contributed by atoms with E-state index < -0.39 is 0 Å². The van der Waals surface area contributed by atoms with Gasteiger partial charge in [0.25, 0.3) is 5.91 Å². The summed E-state index contributed by atoms with van der Waals surface area (Å²) in [4.78, 5) is 15.6. The average molecular weight is 224 g/mol. The van der Waals surface area contributed by atoms with Gasteiger partial charge in [0.2, 0.25) is 0 Å². The van der Waals surface area contributed by atoms with Gasteiger partial charge in [-0.2, -0.15) is 0 Å². The minimum absolute atomic E-state index is 0.0280. The molecule has 0 saturated heterocycles. The highest BCUT2D eigenvalue weighted by molar-refractivity contribution is 5.93. The lowest BCUT2D eigenvalue weighted by Crippen LogP contribution is -2.32. The molecule has 0 aliphatic rings. The largest absolute Gasteiger partial charge is 0.380 e. The Balaban J connectivity index is 2.58. The van der Waals surface area contributed by atoms with Crippen LogP contribution in [0.15, 0.2) is 18.3 Å². The number of hydrazine groups is 1. The second kappa shape index (κ2) is 6.04. The highest BCUT2D eigenvalue weighted by atomic mass is 16.5. The molecule has 4 N–H and O–H groups in total. The average Bonchev–Trinajstić information content (AvgIpc) is 2.35. The van der Waals surface area contributed by atoms with Gasteiger partial charge in [0.05, 0.1) is 11.8 Å². The zero-order chi connectivity index (χ0) is 12.0. The highest BCUT2D eigenvalue weighted by Gasteiger charge is 2.08. The first-order valence-corrected chi connectivity index (χ1v) is 4.91. The molecular formula is C10H16N4O2. The number of hydrogen-bond acceptors (Lipinski definition) is 5. The van der Waals surface area contributed by atoms with Crippen molar-refractivity contribution >= 4 is 11.6 Å². The van der Waals surface area contributed by atoms with E-state index in [0.29, 0.717) is 17.9 Å². The molecule has 1 amide bonds. The van der Waals surface area contributed by atoms with Crippen molar-refractivity contribution < 1.29 is 9.53 Å². The summed E-state index contributed by atoms with van der Waals surface area (Å²) in [7, 11) is 1.59. The summed E-state index contributed by atoms with van der Waals surface area (Å²) < 4.78 is 5.01. The van der Waals surface area contributed by atoms with Crippen molar-refractivity contribution in [1.82, 2.24) is 10.3 Å². The molecule has 6 nitrogen and oxygen atoms in total. The van der Waals surface area contributed by atoms with Crippen LogP contribution in [-0.2, 0) is 4.74 Å². The van der Waals surface area contributed by atoms with Crippen molar-refractivity contribution in [3.8, 4) is 0 Å². The summed E-state index contributed by atoms with van der Waals surface area (Å²) in [5.74, 6) is 4.98. The van der Waals surface area contributed by atoms with Gasteiger partial charge >= 0.3 is 0 Å². The lowest BCUT2D eigenvalue weighted by molar-refractivity contribution is 0.0866. The fourth-order valence-corrected chi connectivity index (χ4v) is 1.05. The number of nitrogen functional groups attached to an aromatic ring is 1. The minimum Gasteiger partial charge on any atom is -0.380 e. The number of amides is 1. The molecule has 0 radical (unpaired) electrons. The third-order valence-electron chi connectivity index (χ3n) is 2.11. The Morgan fingerprint density at radius 1 is 1.69 bits per heavy atom. The summed E-state index contributed by atoms with van der Waals surface area (Å²) in [6.07, 6.45) is 1.49. The Kier molecular flexibility index (Phi) is 4.68. The number of nitrogens with zero attached hydrogens (tertiary/aromatic N) is 1. The second-order valence-electron chi connectivity index (χ2n) is 3.33. The van der Waals surface area contributed by atoms with Gasteiger partial charge in [0.1, 0.15) is 5.69 Å². The molecule has 1 heterocycles. The fraction of sp³-hybridized carbons (Fsp3) is 0.400. The predicted octanol–water partition coefficient (Wildman–Crippen LogP) is 0.132. The lowest BCUT2D eigenvalue weighted by atomic mass is 10.3. The van der Waals surface area contributed by atoms with Crippen LogP contribution in [0.5, 0.6) is 0 Å². The van der Waals surface area contributed by atoms with E-state index in [-0.39, 0.29) is 12.0 Å². The van der Waals surface area contributed by atoms with Gasteiger partial charge in [-0.3, -0.25) is 15.6 Å². The van der Waals surface area contributed by atoms with Crippen LogP contribution in [0.1, 0.15) is 17.4 Å². The third kappa shape index (κ3) is 3.48. The molecule has 1 aromatic rings. The highest BCUT2D eigenvalue weighted by Crippen LogP contribution is 2.05. The van der Waals surface area contributed by atoms with Gasteiger partial charge in [-0.05, 0) is 19.1 Å². The number of hydrogen-bond donors (Lipinski definition) is 3. The van der Waals surface area contributed by atoms with Crippen molar-refractivity contribution in [2.45, 2.75) is 13.0 Å². The molecule has 0 bridgehead atoms. The Bertz CT molecular complexity index is 356. The zero-order valence-electron chi connectivity index (χ0n) is 9.36. The van der Waals surface area contributed by atoms with Gasteiger partial charge in [-0.1, -0.05) is 0 Å². The van der Waals surface area contributed by atoms with Crippen LogP contribution in [0.25, 0.3) is 0 Å². The SMILES string of the molecule is COC(C)CNC(=O)c1cc(NN)ccn1. The van der Waals surface area contributed by atoms with Gasteiger partial charge in [-0.15, -0.1) is 0 Å². The number of carbonyl (C=O) groups is 1. The smallest absolute Gasteiger partial charge is 0.270 e. The third-order valence-corrected chi connectivity index (χ3v) is 2.11. The van der Waals surface area contributed by atoms with E-state index in [9.17, 15) is 4.79 Å². The van der Waals surface area contributed by atoms with Gasteiger partial charge in [0.15, 0.2) is 0 Å². The number of nitrogens with two attached hydrogens (primary N) is 1. The fourth-order valence-electron chi connectivity index (χ4n) is 1.05. The van der Waals surface area contributed by atoms with E-state index in [2.05, 4.69) is 15.7 Å². The molecule has 6 heteroatoms. The van der Waals surface area contributed by atoms with Gasteiger partial charge < -0.3 is 15.5 Å². The van der Waals surface area contributed by atoms with Crippen LogP contribution >= 0.6 is 0 Å². The van der Waals surface area contributed by atoms with Gasteiger partial charge in [0, 0.05) is 19.9 Å². The first-order chi connectivity index (χ1) is 7.67. The van der Waals surface area contributed by atoms with Crippen LogP contribution < -0.4 is 16.6 Å². The van der Waals surface area contributed by atoms with Gasteiger partial charge in [-0.25, -0.2) is 0 Å².